The molecule has 1 fully saturated rings. The minimum absolute atomic E-state index is 0.0844. The van der Waals surface area contributed by atoms with Crippen LogP contribution in [0.5, 0.6) is 0 Å². The van der Waals surface area contributed by atoms with Crippen LogP contribution in [0.4, 0.5) is 5.82 Å². The van der Waals surface area contributed by atoms with Gasteiger partial charge in [-0.2, -0.15) is 5.21 Å². The molecule has 1 aliphatic rings. The number of hydrogen-bond donors (Lipinski definition) is 2. The number of nitrogens with two attached hydrogens (primary N) is 1. The number of hydrogen-bond acceptors (Lipinski definition) is 10. The van der Waals surface area contributed by atoms with Gasteiger partial charge >= 0.3 is 0 Å². The number of nitrogens with one attached hydrogen (secondary N) is 1. The van der Waals surface area contributed by atoms with Gasteiger partial charge in [-0.15, -0.1) is 21.5 Å². The number of anilines is 1. The van der Waals surface area contributed by atoms with E-state index in [9.17, 15) is 4.79 Å². The van der Waals surface area contributed by atoms with Gasteiger partial charge in [0.1, 0.15) is 10.1 Å². The number of aromatic nitrogens is 6. The first-order valence-corrected chi connectivity index (χ1v) is 10.8. The number of thiocarbonyl (C=S) groups is 1. The lowest BCUT2D eigenvalue weighted by Gasteiger charge is -2.13. The normalized spacial score (nSPS) is 15.6. The topological polar surface area (TPSA) is 127 Å². The number of nitrogen functional groups attached to an aromatic ring is 1. The summed E-state index contributed by atoms with van der Waals surface area (Å²) in [7, 11) is 0. The largest absolute Gasteiger partial charge is 0.383 e. The smallest absolute Gasteiger partial charge is 0.266 e. The van der Waals surface area contributed by atoms with Gasteiger partial charge in [-0.25, -0.2) is 9.97 Å². The summed E-state index contributed by atoms with van der Waals surface area (Å²) in [5.41, 5.74) is 7.58. The van der Waals surface area contributed by atoms with Crippen molar-refractivity contribution in [1.82, 2.24) is 35.5 Å². The van der Waals surface area contributed by atoms with E-state index < -0.39 is 0 Å². The van der Waals surface area contributed by atoms with E-state index in [0.29, 0.717) is 46.1 Å². The van der Waals surface area contributed by atoms with Gasteiger partial charge in [0.15, 0.2) is 11.6 Å². The summed E-state index contributed by atoms with van der Waals surface area (Å²) in [6.07, 6.45) is 4.88. The fourth-order valence-corrected chi connectivity index (χ4v) is 4.84. The van der Waals surface area contributed by atoms with Crippen LogP contribution in [-0.2, 0) is 11.2 Å². The fraction of sp³-hybridized carbons (Fsp3) is 0.235. The number of amides is 1. The highest BCUT2D eigenvalue weighted by atomic mass is 32.2. The summed E-state index contributed by atoms with van der Waals surface area (Å²) in [5, 5.41) is 15.7. The molecule has 0 saturated carbocycles. The van der Waals surface area contributed by atoms with Crippen molar-refractivity contribution in [3.8, 4) is 11.4 Å². The van der Waals surface area contributed by atoms with Crippen molar-refractivity contribution < 1.29 is 4.79 Å². The van der Waals surface area contributed by atoms with Crippen LogP contribution in [-0.4, -0.2) is 52.3 Å². The Morgan fingerprint density at radius 1 is 1.41 bits per heavy atom. The molecule has 1 aliphatic heterocycles. The Bertz CT molecular complexity index is 1090. The lowest BCUT2D eigenvalue weighted by atomic mass is 10.2. The molecule has 9 nitrogen and oxygen atoms in total. The van der Waals surface area contributed by atoms with Crippen LogP contribution in [0.15, 0.2) is 22.5 Å². The van der Waals surface area contributed by atoms with Crippen LogP contribution in [0.2, 0.25) is 0 Å². The summed E-state index contributed by atoms with van der Waals surface area (Å²) in [6.45, 7) is 2.38. The minimum Gasteiger partial charge on any atom is -0.383 e. The molecule has 3 N–H and O–H groups in total. The van der Waals surface area contributed by atoms with E-state index in [0.717, 1.165) is 16.0 Å². The van der Waals surface area contributed by atoms with E-state index >= 15 is 0 Å². The number of tetrazole rings is 1. The molecule has 0 aromatic carbocycles. The van der Waals surface area contributed by atoms with E-state index in [1.807, 2.05) is 24.4 Å². The van der Waals surface area contributed by atoms with E-state index in [1.165, 1.54) is 23.1 Å². The summed E-state index contributed by atoms with van der Waals surface area (Å²) in [6, 6.07) is 1.94. The quantitative estimate of drug-likeness (QED) is 0.435. The molecule has 148 valence electrons. The van der Waals surface area contributed by atoms with Crippen molar-refractivity contribution >= 4 is 57.4 Å². The zero-order valence-corrected chi connectivity index (χ0v) is 17.8. The number of carbonyl (C=O) groups is 1. The van der Waals surface area contributed by atoms with E-state index in [2.05, 4.69) is 30.6 Å². The molecular formula is C17H16N8OS3. The van der Waals surface area contributed by atoms with Crippen LogP contribution in [0.25, 0.3) is 17.5 Å². The third-order valence-electron chi connectivity index (χ3n) is 4.21. The fourth-order valence-electron chi connectivity index (χ4n) is 2.65. The number of aryl methyl sites for hydroxylation is 2. The molecule has 3 aromatic heterocycles. The van der Waals surface area contributed by atoms with E-state index in [4.69, 9.17) is 18.0 Å². The molecule has 0 unspecified atom stereocenters. The van der Waals surface area contributed by atoms with Gasteiger partial charge in [-0.3, -0.25) is 9.69 Å². The summed E-state index contributed by atoms with van der Waals surface area (Å²) < 4.78 is 0.556. The van der Waals surface area contributed by atoms with Gasteiger partial charge in [-0.1, -0.05) is 29.2 Å². The molecule has 0 aliphatic carbocycles. The highest BCUT2D eigenvalue weighted by molar-refractivity contribution is 8.26. The number of H-pyrrole nitrogens is 1. The summed E-state index contributed by atoms with van der Waals surface area (Å²) in [5.74, 6) is 1.57. The third kappa shape index (κ3) is 4.33. The monoisotopic (exact) mass is 444 g/mol. The SMILES string of the molecule is Cc1cnc(-c2csc(/C=C3\SC(=S)N(CCCc4nn[nH]n4)C3=O)c2)nc1N. The van der Waals surface area contributed by atoms with Crippen LogP contribution >= 0.6 is 35.3 Å². The van der Waals surface area contributed by atoms with Crippen LogP contribution in [0.1, 0.15) is 22.7 Å². The van der Waals surface area contributed by atoms with Crippen LogP contribution < -0.4 is 5.73 Å². The Balaban J connectivity index is 1.44. The van der Waals surface area contributed by atoms with Crippen molar-refractivity contribution in [3.05, 3.63) is 38.8 Å². The first kappa shape index (κ1) is 19.6. The molecule has 0 atom stereocenters. The second-order valence-corrected chi connectivity index (χ2v) is 8.88. The lowest BCUT2D eigenvalue weighted by Crippen LogP contribution is -2.29. The Kier molecular flexibility index (Phi) is 5.65. The van der Waals surface area contributed by atoms with E-state index in [-0.39, 0.29) is 5.91 Å². The Morgan fingerprint density at radius 3 is 3.03 bits per heavy atom. The van der Waals surface area contributed by atoms with E-state index in [1.54, 1.807) is 11.1 Å². The maximum atomic E-state index is 12.7. The number of thioether (sulfide) groups is 1. The summed E-state index contributed by atoms with van der Waals surface area (Å²) >= 11 is 8.20. The Hall–Kier alpha value is -2.70. The summed E-state index contributed by atoms with van der Waals surface area (Å²) in [4.78, 5) is 24.5. The van der Waals surface area contributed by atoms with Gasteiger partial charge in [0, 0.05) is 40.5 Å². The Morgan fingerprint density at radius 2 is 2.28 bits per heavy atom. The van der Waals surface area contributed by atoms with Crippen molar-refractivity contribution in [1.29, 1.82) is 0 Å². The average Bonchev–Trinajstić information content (AvgIpc) is 3.43. The highest BCUT2D eigenvalue weighted by Crippen LogP contribution is 2.34. The molecule has 1 saturated heterocycles. The van der Waals surface area contributed by atoms with Crippen molar-refractivity contribution in [2.75, 3.05) is 12.3 Å². The number of carbonyl (C=O) groups excluding carboxylic acids is 1. The van der Waals surface area contributed by atoms with Gasteiger partial charge < -0.3 is 5.73 Å². The number of aromatic amines is 1. The van der Waals surface area contributed by atoms with Crippen molar-refractivity contribution in [2.24, 2.45) is 0 Å². The second-order valence-electron chi connectivity index (χ2n) is 6.26. The number of thiophene rings is 1. The van der Waals surface area contributed by atoms with Crippen LogP contribution in [0, 0.1) is 6.92 Å². The molecule has 4 rings (SSSR count). The van der Waals surface area contributed by atoms with Gasteiger partial charge in [0.25, 0.3) is 5.91 Å². The molecule has 4 heterocycles. The number of rotatable bonds is 6. The second kappa shape index (κ2) is 8.35. The van der Waals surface area contributed by atoms with Gasteiger partial charge in [0.2, 0.25) is 0 Å². The molecule has 29 heavy (non-hydrogen) atoms. The van der Waals surface area contributed by atoms with Gasteiger partial charge in [-0.05, 0) is 25.5 Å². The molecule has 0 spiro atoms. The first-order chi connectivity index (χ1) is 14.0. The first-order valence-electron chi connectivity index (χ1n) is 8.67. The average molecular weight is 445 g/mol. The third-order valence-corrected chi connectivity index (χ3v) is 6.46. The molecule has 0 bridgehead atoms. The minimum atomic E-state index is -0.0844. The highest BCUT2D eigenvalue weighted by Gasteiger charge is 2.31. The molecule has 3 aromatic rings. The maximum absolute atomic E-state index is 12.7. The van der Waals surface area contributed by atoms with Crippen molar-refractivity contribution in [3.63, 3.8) is 0 Å². The van der Waals surface area contributed by atoms with Gasteiger partial charge in [0.05, 0.1) is 4.91 Å². The molecule has 1 amide bonds. The zero-order valence-electron chi connectivity index (χ0n) is 15.3. The lowest BCUT2D eigenvalue weighted by molar-refractivity contribution is -0.122. The Labute approximate surface area is 179 Å². The molecular weight excluding hydrogens is 428 g/mol. The van der Waals surface area contributed by atoms with Crippen LogP contribution in [0.3, 0.4) is 0 Å². The predicted octanol–water partition coefficient (Wildman–Crippen LogP) is 2.44. The standard InChI is InChI=1S/C17H16N8OS3/c1-9-7-19-15(20-14(9)18)10-5-11(28-8-10)6-12-16(26)25(17(27)29-12)4-2-3-13-21-23-24-22-13/h5-8H,2-4H2,1H3,(H2,18,19,20)(H,21,22,23,24)/b12-6-. The zero-order chi connectivity index (χ0) is 20.4. The maximum Gasteiger partial charge on any atom is 0.266 e. The molecule has 12 heteroatoms. The number of nitrogens with zero attached hydrogens (tertiary/aromatic N) is 6. The molecule has 0 radical (unpaired) electrons. The predicted molar refractivity (Wildman–Crippen MR) is 117 cm³/mol. The van der Waals surface area contributed by atoms with Crippen molar-refractivity contribution in [2.45, 2.75) is 19.8 Å².